The highest BCUT2D eigenvalue weighted by atomic mass is 79.9. The molecule has 768 valence electrons. The molecule has 37 nitrogen and oxygen atoms in total. The van der Waals surface area contributed by atoms with E-state index in [4.69, 9.17) is 59.7 Å². The zero-order chi connectivity index (χ0) is 104. The lowest BCUT2D eigenvalue weighted by atomic mass is 10.1. The molecule has 8 N–H and O–H groups in total. The molecule has 0 heterocycles. The summed E-state index contributed by atoms with van der Waals surface area (Å²) < 4.78 is 165. The molecule has 0 aliphatic rings. The Balaban J connectivity index is 0. The lowest BCUT2D eigenvalue weighted by Crippen LogP contribution is -2.43. The topological polar surface area (TPSA) is 552 Å². The predicted octanol–water partition coefficient (Wildman–Crippen LogP) is 15.0. The van der Waals surface area contributed by atoms with Crippen LogP contribution in [0.5, 0.6) is 0 Å². The SMILES string of the molecule is C.CC(C)(C)OC(=O)Nc1ccc(CCS(=O)(=O)CC(=O)OCc2ccccc2)cc1.CCCN.CCOC(=O)CBr.CCOC(=O)CCS(=O)(=O)CCc1ccc(N)cc1.CCOC(=O)CCS(=O)(=O)CCc1ccc(NC(=O)OC(C)(C)C)cc1.CCOC(=O)CN(C(=O)OCc1ccccc1)S(=O)(=O)CCc1ccc(NC(=O)OC(C)(C)C)cc1.N#COS(=O)(=O)Cl.OCc1ccccc1. The molecule has 0 aliphatic carbocycles. The first-order valence-electron chi connectivity index (χ1n) is 42.8. The molecule has 0 saturated heterocycles. The number of benzene rings is 7. The number of hydrogen-bond acceptors (Lipinski definition) is 33. The van der Waals surface area contributed by atoms with Gasteiger partial charge in [0.15, 0.2) is 29.5 Å². The Labute approximate surface area is 825 Å². The fourth-order valence-electron chi connectivity index (χ4n) is 9.79. The number of anilines is 4. The van der Waals surface area contributed by atoms with Gasteiger partial charge in [-0.05, 0) is 216 Å². The highest BCUT2D eigenvalue weighted by molar-refractivity contribution is 9.09. The van der Waals surface area contributed by atoms with Crippen LogP contribution >= 0.6 is 26.6 Å². The lowest BCUT2D eigenvalue weighted by Gasteiger charge is -2.21. The van der Waals surface area contributed by atoms with Crippen molar-refractivity contribution in [2.24, 2.45) is 5.73 Å². The van der Waals surface area contributed by atoms with Gasteiger partial charge < -0.3 is 59.2 Å². The fourth-order valence-corrected chi connectivity index (χ4v) is 15.0. The molecule has 7 rings (SSSR count). The number of aliphatic hydroxyl groups excluding tert-OH is 1. The Morgan fingerprint density at radius 3 is 1.00 bits per heavy atom. The number of nitrogens with zero attached hydrogens (tertiary/aromatic N) is 2. The first-order chi connectivity index (χ1) is 64.1. The number of alkyl halides is 1. The maximum absolute atomic E-state index is 13.0. The van der Waals surface area contributed by atoms with Gasteiger partial charge in [0.05, 0.1) is 91.1 Å². The van der Waals surface area contributed by atoms with Crippen LogP contribution in [-0.2, 0) is 165 Å². The van der Waals surface area contributed by atoms with Crippen molar-refractivity contribution < 1.29 is 137 Å². The maximum atomic E-state index is 13.0. The number of aliphatic hydroxyl groups is 1. The highest BCUT2D eigenvalue weighted by Crippen LogP contribution is 2.20. The zero-order valence-corrected chi connectivity index (χ0v) is 85.9. The summed E-state index contributed by atoms with van der Waals surface area (Å²) >= 11 is 2.94. The highest BCUT2D eigenvalue weighted by Gasteiger charge is 2.32. The summed E-state index contributed by atoms with van der Waals surface area (Å²) in [6.07, 6.45) is -0.0556. The standard InChI is InChI=1S/C25H32N2O8S.C22H27NO6S.C18H27NO6S.C13H19NO4S.C7H8O.C4H7BrO2.C3H9N.CClNO3S.CH4/c1-5-33-22(28)17-27(24(30)34-18-20-9-7-6-8-10-20)36(31,32)16-15-19-11-13-21(14-12-19)26-23(29)35-25(2,3)4;1-22(2,3)29-21(25)23-19-11-9-17(10-12-19)13-14-30(26,27)16-20(24)28-15-18-7-5-4-6-8-18;1-5-24-16(20)11-13-26(22,23)12-10-14-6-8-15(9-7-14)19-17(21)25-18(2,3)4;1-2-18-13(15)8-10-19(16,17)9-7-11-3-5-12(14)6-4-11;8-6-7-4-2-1-3-5-7;1-2-7-4(6)3-5;1-2-3-4;2-7(4,5)6-1-3;/h6-14H,5,15-18H2,1-4H3,(H,26,29);4-12H,13-16H2,1-3H3,(H,23,25);6-9H,5,10-13H2,1-4H3,(H,19,21);3-6H,2,7-10,14H2,1H3;1-5,8H,6H2;2-3H2,1H3;2-4H2,1H3;;1H4. The van der Waals surface area contributed by atoms with Crippen molar-refractivity contribution in [2.45, 2.75) is 186 Å². The van der Waals surface area contributed by atoms with Crippen molar-refractivity contribution in [3.05, 3.63) is 227 Å². The number of ether oxygens (including phenoxy) is 9. The van der Waals surface area contributed by atoms with E-state index in [0.29, 0.717) is 63.0 Å². The Morgan fingerprint density at radius 1 is 0.413 bits per heavy atom. The number of amides is 4. The van der Waals surface area contributed by atoms with Crippen molar-refractivity contribution in [1.29, 1.82) is 5.26 Å². The van der Waals surface area contributed by atoms with Gasteiger partial charge in [-0.25, -0.2) is 52.8 Å². The second kappa shape index (κ2) is 68.5. The van der Waals surface area contributed by atoms with E-state index in [1.54, 1.807) is 230 Å². The number of sulfone groups is 3. The van der Waals surface area contributed by atoms with Gasteiger partial charge in [0, 0.05) is 22.7 Å². The molecular weight excluding hydrogens is 1980 g/mol. The Bertz CT molecular complexity index is 5410. The van der Waals surface area contributed by atoms with Gasteiger partial charge in [-0.3, -0.25) is 44.1 Å². The smallest absolute Gasteiger partial charge is 0.424 e. The van der Waals surface area contributed by atoms with Crippen LogP contribution in [0, 0.1) is 11.5 Å². The van der Waals surface area contributed by atoms with Crippen LogP contribution in [0.1, 0.15) is 163 Å². The summed E-state index contributed by atoms with van der Waals surface area (Å²) in [7, 11) is -14.1. The van der Waals surface area contributed by atoms with E-state index in [1.807, 2.05) is 48.5 Å². The Hall–Kier alpha value is -11.5. The van der Waals surface area contributed by atoms with Crippen molar-refractivity contribution in [3.63, 3.8) is 0 Å². The molecule has 0 bridgehead atoms. The molecule has 0 aliphatic heterocycles. The van der Waals surface area contributed by atoms with Gasteiger partial charge in [0.25, 0.3) is 0 Å². The molecule has 7 aromatic carbocycles. The first-order valence-corrected chi connectivity index (χ1v) is 53.2. The molecule has 0 unspecified atom stereocenters. The van der Waals surface area contributed by atoms with Crippen molar-refractivity contribution in [2.75, 3.05) is 107 Å². The van der Waals surface area contributed by atoms with Gasteiger partial charge in [-0.15, -0.1) is 5.26 Å². The predicted molar refractivity (Wildman–Crippen MR) is 533 cm³/mol. The van der Waals surface area contributed by atoms with Crippen molar-refractivity contribution in [3.8, 4) is 6.26 Å². The maximum Gasteiger partial charge on any atom is 0.424 e. The third kappa shape index (κ3) is 69.3. The van der Waals surface area contributed by atoms with Gasteiger partial charge in [-0.1, -0.05) is 170 Å². The quantitative estimate of drug-likeness (QED) is 0.00523. The number of carbonyl (C=O) groups is 9. The van der Waals surface area contributed by atoms with E-state index in [9.17, 15) is 85.2 Å². The zero-order valence-electron chi connectivity index (χ0n) is 79.5. The number of hydrogen-bond donors (Lipinski definition) is 6. The Kier molecular flexibility index (Phi) is 63.8. The summed E-state index contributed by atoms with van der Waals surface area (Å²) in [4.78, 5) is 104. The summed E-state index contributed by atoms with van der Waals surface area (Å²) in [6, 6.07) is 54.5. The van der Waals surface area contributed by atoms with Gasteiger partial charge in [0.2, 0.25) is 10.0 Å². The normalized spacial score (nSPS) is 10.9. The average molecular weight is 2120 g/mol. The molecule has 4 amide bonds. The number of nitrogens with two attached hydrogens (primary N) is 2. The van der Waals surface area contributed by atoms with Crippen LogP contribution in [0.2, 0.25) is 0 Å². The number of nitriles is 1. The van der Waals surface area contributed by atoms with E-state index >= 15 is 0 Å². The molecule has 0 radical (unpaired) electrons. The van der Waals surface area contributed by atoms with Crippen molar-refractivity contribution in [1.82, 2.24) is 4.31 Å². The Morgan fingerprint density at radius 2 is 0.717 bits per heavy atom. The largest absolute Gasteiger partial charge is 0.466 e. The van der Waals surface area contributed by atoms with E-state index < -0.39 is 132 Å². The molecule has 0 atom stereocenters. The third-order valence-corrected chi connectivity index (χ3v) is 23.5. The monoisotopic (exact) mass is 2110 g/mol. The van der Waals surface area contributed by atoms with Crippen LogP contribution in [0.4, 0.5) is 41.9 Å². The molecule has 0 aromatic heterocycles. The third-order valence-electron chi connectivity index (χ3n) is 16.1. The second-order valence-electron chi connectivity index (χ2n) is 31.5. The number of nitrogen functional groups attached to an aromatic ring is 1. The molecule has 0 fully saturated rings. The van der Waals surface area contributed by atoms with Gasteiger partial charge in [0.1, 0.15) is 47.6 Å². The molecule has 0 spiro atoms. The van der Waals surface area contributed by atoms with E-state index in [0.717, 1.165) is 47.0 Å². The number of halogens is 2. The summed E-state index contributed by atoms with van der Waals surface area (Å²) in [5.74, 6) is -4.51. The number of sulfonamides is 1. The fraction of sp³-hybridized carbons (Fsp3) is 0.447. The summed E-state index contributed by atoms with van der Waals surface area (Å²) in [5, 5.41) is 24.1. The minimum Gasteiger partial charge on any atom is -0.466 e. The molecule has 138 heavy (non-hydrogen) atoms. The number of nitrogens with one attached hydrogen (secondary N) is 3. The molecule has 44 heteroatoms. The van der Waals surface area contributed by atoms with Gasteiger partial charge in [-0.2, -0.15) is 12.7 Å². The number of rotatable bonds is 38. The minimum absolute atomic E-state index is 0. The first kappa shape index (κ1) is 129. The van der Waals surface area contributed by atoms with E-state index in [1.165, 1.54) is 0 Å². The summed E-state index contributed by atoms with van der Waals surface area (Å²) in [5.41, 5.74) is 16.6. The van der Waals surface area contributed by atoms with Crippen LogP contribution in [0.3, 0.4) is 0 Å². The van der Waals surface area contributed by atoms with Crippen LogP contribution in [0.25, 0.3) is 0 Å². The van der Waals surface area contributed by atoms with E-state index in [2.05, 4.69) is 58.4 Å². The number of carbonyl (C=O) groups excluding carboxylic acids is 9. The minimum atomic E-state index is -4.22. The van der Waals surface area contributed by atoms with Crippen LogP contribution in [0.15, 0.2) is 188 Å². The number of aryl methyl sites for hydroxylation is 4. The second-order valence-corrected chi connectivity index (χ2v) is 42.9. The average Bonchev–Trinajstić information content (AvgIpc) is 0.827. The molecule has 7 aromatic rings. The molecule has 0 saturated carbocycles. The lowest BCUT2D eigenvalue weighted by molar-refractivity contribution is -0.143. The molecular formula is C94H133BrClN7O30S5. The van der Waals surface area contributed by atoms with Crippen LogP contribution < -0.4 is 27.4 Å². The van der Waals surface area contributed by atoms with Crippen molar-refractivity contribution >= 4 is 152 Å². The van der Waals surface area contributed by atoms with E-state index in [-0.39, 0.29) is 107 Å². The summed E-state index contributed by atoms with van der Waals surface area (Å²) in [6.45, 7) is 25.7. The van der Waals surface area contributed by atoms with Gasteiger partial charge >= 0.3 is 69.8 Å². The van der Waals surface area contributed by atoms with Crippen LogP contribution in [-0.4, -0.2) is 208 Å². The number of esters is 5.